The van der Waals surface area contributed by atoms with Crippen molar-refractivity contribution in [2.75, 3.05) is 44.6 Å². The molecule has 2 aliphatic heterocycles. The highest BCUT2D eigenvalue weighted by Crippen LogP contribution is 2.36. The number of rotatable bonds is 8. The van der Waals surface area contributed by atoms with E-state index in [1.165, 1.54) is 28.7 Å². The quantitative estimate of drug-likeness (QED) is 0.233. The molecular formula is C34H38F3N9O5. The zero-order valence-corrected chi connectivity index (χ0v) is 28.1. The second-order valence-corrected chi connectivity index (χ2v) is 12.1. The van der Waals surface area contributed by atoms with Crippen LogP contribution in [0.3, 0.4) is 0 Å². The van der Waals surface area contributed by atoms with Gasteiger partial charge < -0.3 is 30.1 Å². The van der Waals surface area contributed by atoms with Gasteiger partial charge in [-0.2, -0.15) is 18.3 Å². The number of halogens is 3. The molecule has 5 heterocycles. The van der Waals surface area contributed by atoms with Crippen LogP contribution in [0.2, 0.25) is 0 Å². The number of imidazole rings is 1. The second kappa shape index (κ2) is 16.0. The van der Waals surface area contributed by atoms with Crippen molar-refractivity contribution in [3.8, 4) is 11.3 Å². The molecule has 4 aromatic rings. The fourth-order valence-electron chi connectivity index (χ4n) is 6.23. The Hall–Kier alpha value is -5.58. The van der Waals surface area contributed by atoms with Crippen molar-refractivity contribution in [2.24, 2.45) is 13.0 Å². The van der Waals surface area contributed by atoms with Crippen LogP contribution in [0.4, 0.5) is 18.9 Å². The van der Waals surface area contributed by atoms with E-state index in [0.717, 1.165) is 18.5 Å². The minimum absolute atomic E-state index is 0.00157. The monoisotopic (exact) mass is 709 g/mol. The number of anilines is 1. The molecule has 3 aromatic heterocycles. The molecule has 2 aliphatic rings. The molecule has 0 bridgehead atoms. The number of carboxylic acid groups (broad SMARTS) is 1. The summed E-state index contributed by atoms with van der Waals surface area (Å²) in [6.07, 6.45) is 2.23. The Labute approximate surface area is 291 Å². The Morgan fingerprint density at radius 3 is 2.45 bits per heavy atom. The molecule has 0 radical (unpaired) electrons. The van der Waals surface area contributed by atoms with E-state index in [4.69, 9.17) is 9.90 Å². The molecule has 17 heteroatoms. The van der Waals surface area contributed by atoms with Crippen LogP contribution in [0.25, 0.3) is 11.3 Å². The van der Waals surface area contributed by atoms with Gasteiger partial charge in [0.1, 0.15) is 0 Å². The largest absolute Gasteiger partial charge is 0.483 e. The third kappa shape index (κ3) is 8.42. The molecule has 3 amide bonds. The molecule has 270 valence electrons. The molecule has 14 nitrogen and oxygen atoms in total. The maximum absolute atomic E-state index is 14.0. The Balaban J connectivity index is 0.00000162. The Bertz CT molecular complexity index is 1860. The predicted molar refractivity (Wildman–Crippen MR) is 179 cm³/mol. The van der Waals surface area contributed by atoms with Crippen molar-refractivity contribution < 1.29 is 37.5 Å². The highest BCUT2D eigenvalue weighted by Gasteiger charge is 2.39. The number of carbonyl (C=O) groups is 4. The number of alkyl halides is 3. The Morgan fingerprint density at radius 1 is 1.10 bits per heavy atom. The molecule has 2 fully saturated rings. The van der Waals surface area contributed by atoms with Crippen LogP contribution in [-0.4, -0.2) is 103 Å². The van der Waals surface area contributed by atoms with Gasteiger partial charge in [0.25, 0.3) is 18.3 Å². The fraction of sp³-hybridized carbons (Fsp3) is 0.382. The predicted octanol–water partition coefficient (Wildman–Crippen LogP) is 3.16. The van der Waals surface area contributed by atoms with E-state index in [1.807, 2.05) is 11.8 Å². The molecule has 0 saturated carbocycles. The van der Waals surface area contributed by atoms with Gasteiger partial charge in [-0.25, -0.2) is 4.98 Å². The van der Waals surface area contributed by atoms with E-state index < -0.39 is 17.8 Å². The summed E-state index contributed by atoms with van der Waals surface area (Å²) in [6.45, 7) is 5.11. The van der Waals surface area contributed by atoms with Crippen molar-refractivity contribution in [2.45, 2.75) is 32.5 Å². The smallest absolute Gasteiger partial charge is 0.435 e. The third-order valence-corrected chi connectivity index (χ3v) is 8.83. The van der Waals surface area contributed by atoms with Crippen LogP contribution in [0.15, 0.2) is 55.1 Å². The van der Waals surface area contributed by atoms with E-state index in [1.54, 1.807) is 47.6 Å². The number of benzene rings is 1. The van der Waals surface area contributed by atoms with Crippen LogP contribution >= 0.6 is 0 Å². The van der Waals surface area contributed by atoms with E-state index >= 15 is 0 Å². The van der Waals surface area contributed by atoms with E-state index in [2.05, 4.69) is 25.7 Å². The molecule has 1 atom stereocenters. The van der Waals surface area contributed by atoms with Gasteiger partial charge in [-0.05, 0) is 54.8 Å². The lowest BCUT2D eigenvalue weighted by atomic mass is 10.0. The van der Waals surface area contributed by atoms with Gasteiger partial charge in [-0.1, -0.05) is 13.0 Å². The lowest BCUT2D eigenvalue weighted by Gasteiger charge is -2.36. The van der Waals surface area contributed by atoms with Gasteiger partial charge in [-0.15, -0.1) is 0 Å². The summed E-state index contributed by atoms with van der Waals surface area (Å²) < 4.78 is 44.5. The van der Waals surface area contributed by atoms with Crippen LogP contribution in [-0.2, 0) is 35.8 Å². The number of carbonyl (C=O) groups excluding carboxylic acids is 3. The summed E-state index contributed by atoms with van der Waals surface area (Å²) in [5.41, 5.74) is 1.10. The molecule has 3 N–H and O–H groups in total. The van der Waals surface area contributed by atoms with Crippen LogP contribution < -0.4 is 10.6 Å². The zero-order chi connectivity index (χ0) is 36.7. The first-order valence-corrected chi connectivity index (χ1v) is 16.3. The summed E-state index contributed by atoms with van der Waals surface area (Å²) in [7, 11) is 1.47. The van der Waals surface area contributed by atoms with Crippen molar-refractivity contribution in [3.05, 3.63) is 83.3 Å². The summed E-state index contributed by atoms with van der Waals surface area (Å²) in [4.78, 5) is 59.6. The number of hydrogen-bond acceptors (Lipinski definition) is 8. The van der Waals surface area contributed by atoms with Crippen LogP contribution in [0.5, 0.6) is 0 Å². The lowest BCUT2D eigenvalue weighted by Crippen LogP contribution is -2.52. The summed E-state index contributed by atoms with van der Waals surface area (Å²) in [5, 5.41) is 16.7. The van der Waals surface area contributed by atoms with Gasteiger partial charge in [-0.3, -0.25) is 28.8 Å². The number of aryl methyl sites for hydroxylation is 1. The van der Waals surface area contributed by atoms with Crippen molar-refractivity contribution >= 4 is 29.9 Å². The first-order valence-electron chi connectivity index (χ1n) is 16.3. The molecular weight excluding hydrogens is 671 g/mol. The number of nitrogens with one attached hydrogen (secondary N) is 2. The number of nitrogens with zero attached hydrogens (tertiary/aromatic N) is 7. The van der Waals surface area contributed by atoms with E-state index in [-0.39, 0.29) is 47.8 Å². The number of hydrogen-bond donors (Lipinski definition) is 3. The first-order chi connectivity index (χ1) is 24.4. The van der Waals surface area contributed by atoms with Crippen molar-refractivity contribution in [1.29, 1.82) is 0 Å². The third-order valence-electron chi connectivity index (χ3n) is 8.83. The van der Waals surface area contributed by atoms with Crippen LogP contribution in [0, 0.1) is 5.92 Å². The molecule has 2 saturated heterocycles. The van der Waals surface area contributed by atoms with Crippen molar-refractivity contribution in [3.63, 3.8) is 0 Å². The number of amides is 3. The average Bonchev–Trinajstić information content (AvgIpc) is 3.89. The highest BCUT2D eigenvalue weighted by molar-refractivity contribution is 6.03. The molecule has 51 heavy (non-hydrogen) atoms. The van der Waals surface area contributed by atoms with Gasteiger partial charge in [0.05, 0.1) is 29.9 Å². The topological polar surface area (TPSA) is 168 Å². The SMILES string of the molecule is CCc1cc(NC(=O)c2ncc(-c3cn(Cc4cccnc4)nc3C(F)(F)F)n2C)ccc1C(=O)N1CCN(C(=O)[C@@H]2CCNC2)CC1.O=CO. The summed E-state index contributed by atoms with van der Waals surface area (Å²) in [5.74, 6) is -0.731. The molecule has 6 rings (SSSR count). The second-order valence-electron chi connectivity index (χ2n) is 12.1. The minimum atomic E-state index is -4.74. The van der Waals surface area contributed by atoms with Crippen LogP contribution in [0.1, 0.15) is 51.1 Å². The van der Waals surface area contributed by atoms with E-state index in [0.29, 0.717) is 56.0 Å². The molecule has 0 unspecified atom stereocenters. The van der Waals surface area contributed by atoms with E-state index in [9.17, 15) is 27.6 Å². The highest BCUT2D eigenvalue weighted by atomic mass is 19.4. The average molecular weight is 710 g/mol. The van der Waals surface area contributed by atoms with Gasteiger partial charge in [0, 0.05) is 69.6 Å². The standard InChI is InChI=1S/C33H36F3N9O3.CH2O2/c1-3-22-15-24(6-7-25(22)32(48)44-13-11-43(12-14-44)31(47)23-8-10-38-17-23)40-30(46)29-39-18-27(42(29)2)26-20-45(41-28(26)33(34,35)36)19-21-5-4-9-37-16-21;2-1-3/h4-7,9,15-16,18,20,23,38H,3,8,10-14,17,19H2,1-2H3,(H,40,46);1H,(H,2,3)/t23-;/m1./s1. The summed E-state index contributed by atoms with van der Waals surface area (Å²) in [6, 6.07) is 8.42. The van der Waals surface area contributed by atoms with Crippen molar-refractivity contribution in [1.82, 2.24) is 39.4 Å². The lowest BCUT2D eigenvalue weighted by molar-refractivity contribution is -0.141. The maximum Gasteiger partial charge on any atom is 0.435 e. The Kier molecular flexibility index (Phi) is 11.5. The molecule has 1 aromatic carbocycles. The van der Waals surface area contributed by atoms with Gasteiger partial charge in [0.2, 0.25) is 5.91 Å². The number of pyridine rings is 1. The minimum Gasteiger partial charge on any atom is -0.483 e. The zero-order valence-electron chi connectivity index (χ0n) is 28.1. The van der Waals surface area contributed by atoms with Gasteiger partial charge in [0.15, 0.2) is 11.5 Å². The first kappa shape index (κ1) is 36.7. The fourth-order valence-corrected chi connectivity index (χ4v) is 6.23. The number of aromatic nitrogens is 5. The molecule has 0 aliphatic carbocycles. The number of piperazine rings is 1. The molecule has 0 spiro atoms. The van der Waals surface area contributed by atoms with Gasteiger partial charge >= 0.3 is 6.18 Å². The maximum atomic E-state index is 14.0. The summed E-state index contributed by atoms with van der Waals surface area (Å²) >= 11 is 0. The Morgan fingerprint density at radius 2 is 1.82 bits per heavy atom. The normalized spacial score (nSPS) is 16.0.